The molecule has 7 heteroatoms. The van der Waals surface area contributed by atoms with Crippen LogP contribution in [-0.4, -0.2) is 31.5 Å². The molecule has 0 bridgehead atoms. The lowest BCUT2D eigenvalue weighted by Crippen LogP contribution is -2.38. The summed E-state index contributed by atoms with van der Waals surface area (Å²) in [5, 5.41) is 6.29. The maximum Gasteiger partial charge on any atom is 0.222 e. The number of nitrogens with zero attached hydrogens (tertiary/aromatic N) is 1. The van der Waals surface area contributed by atoms with Crippen LogP contribution in [0.15, 0.2) is 29.3 Å². The molecule has 0 radical (unpaired) electrons. The third kappa shape index (κ3) is 8.73. The Morgan fingerprint density at radius 1 is 1.26 bits per heavy atom. The standard InChI is InChI=1S/C16H25FN4O.HI/c1-3-9-20-16(19-4-2)21-11-13(15(18)22)10-12-5-7-14(17)8-6-12;/h5-8,13H,3-4,9-11H2,1-2H3,(H2,18,22)(H2,19,20,21);1H. The molecule has 1 amide bonds. The minimum Gasteiger partial charge on any atom is -0.369 e. The first-order chi connectivity index (χ1) is 10.6. The van der Waals surface area contributed by atoms with Gasteiger partial charge in [-0.25, -0.2) is 4.39 Å². The van der Waals surface area contributed by atoms with E-state index in [4.69, 9.17) is 5.73 Å². The Morgan fingerprint density at radius 3 is 2.43 bits per heavy atom. The van der Waals surface area contributed by atoms with Crippen molar-refractivity contribution in [3.63, 3.8) is 0 Å². The smallest absolute Gasteiger partial charge is 0.222 e. The highest BCUT2D eigenvalue weighted by atomic mass is 127. The Hall–Kier alpha value is -1.38. The van der Waals surface area contributed by atoms with Gasteiger partial charge in [0.1, 0.15) is 5.82 Å². The highest BCUT2D eigenvalue weighted by Crippen LogP contribution is 2.10. The molecule has 1 rings (SSSR count). The second-order valence-corrected chi connectivity index (χ2v) is 5.08. The molecule has 0 spiro atoms. The van der Waals surface area contributed by atoms with Crippen LogP contribution < -0.4 is 16.4 Å². The molecule has 1 unspecified atom stereocenters. The Bertz CT molecular complexity index is 493. The predicted molar refractivity (Wildman–Crippen MR) is 102 cm³/mol. The minimum atomic E-state index is -0.414. The molecule has 1 aromatic carbocycles. The van der Waals surface area contributed by atoms with E-state index in [2.05, 4.69) is 22.5 Å². The summed E-state index contributed by atoms with van der Waals surface area (Å²) >= 11 is 0. The van der Waals surface area contributed by atoms with Gasteiger partial charge in [0.05, 0.1) is 12.5 Å². The SMILES string of the molecule is CCCNC(=NCC(Cc1ccc(F)cc1)C(N)=O)NCC.I. The van der Waals surface area contributed by atoms with Crippen molar-refractivity contribution in [3.05, 3.63) is 35.6 Å². The number of aliphatic imine (C=N–C) groups is 1. The second kappa shape index (κ2) is 12.1. The van der Waals surface area contributed by atoms with Crippen molar-refractivity contribution < 1.29 is 9.18 Å². The Balaban J connectivity index is 0.00000484. The number of nitrogens with one attached hydrogen (secondary N) is 2. The van der Waals surface area contributed by atoms with Crippen LogP contribution >= 0.6 is 24.0 Å². The van der Waals surface area contributed by atoms with Gasteiger partial charge in [-0.05, 0) is 37.5 Å². The summed E-state index contributed by atoms with van der Waals surface area (Å²) in [5.74, 6) is -0.438. The molecule has 1 atom stereocenters. The van der Waals surface area contributed by atoms with Crippen molar-refractivity contribution in [3.8, 4) is 0 Å². The topological polar surface area (TPSA) is 79.5 Å². The summed E-state index contributed by atoms with van der Waals surface area (Å²) in [4.78, 5) is 16.0. The van der Waals surface area contributed by atoms with Crippen LogP contribution in [0.1, 0.15) is 25.8 Å². The summed E-state index contributed by atoms with van der Waals surface area (Å²) in [5.41, 5.74) is 6.32. The molecule has 23 heavy (non-hydrogen) atoms. The number of amides is 1. The number of benzene rings is 1. The van der Waals surface area contributed by atoms with Crippen LogP contribution in [0.5, 0.6) is 0 Å². The molecule has 4 N–H and O–H groups in total. The first-order valence-corrected chi connectivity index (χ1v) is 7.62. The van der Waals surface area contributed by atoms with Gasteiger partial charge in [-0.2, -0.15) is 0 Å². The average molecular weight is 436 g/mol. The lowest BCUT2D eigenvalue weighted by atomic mass is 9.99. The largest absolute Gasteiger partial charge is 0.369 e. The molecule has 1 aromatic rings. The molecule has 0 aliphatic carbocycles. The maximum atomic E-state index is 12.9. The van der Waals surface area contributed by atoms with Gasteiger partial charge in [0, 0.05) is 13.1 Å². The Labute approximate surface area is 154 Å². The van der Waals surface area contributed by atoms with Gasteiger partial charge in [0.25, 0.3) is 0 Å². The van der Waals surface area contributed by atoms with Crippen molar-refractivity contribution in [2.45, 2.75) is 26.7 Å². The molecular formula is C16H26FIN4O. The number of guanidine groups is 1. The molecule has 130 valence electrons. The lowest BCUT2D eigenvalue weighted by molar-refractivity contribution is -0.121. The number of halogens is 2. The van der Waals surface area contributed by atoms with E-state index in [1.54, 1.807) is 12.1 Å². The van der Waals surface area contributed by atoms with E-state index < -0.39 is 11.8 Å². The van der Waals surface area contributed by atoms with E-state index >= 15 is 0 Å². The molecule has 0 saturated heterocycles. The number of carbonyl (C=O) groups excluding carboxylic acids is 1. The normalized spacial score (nSPS) is 12.2. The van der Waals surface area contributed by atoms with E-state index in [0.717, 1.165) is 25.1 Å². The molecular weight excluding hydrogens is 410 g/mol. The fraction of sp³-hybridized carbons (Fsp3) is 0.500. The Morgan fingerprint density at radius 2 is 1.91 bits per heavy atom. The van der Waals surface area contributed by atoms with Crippen molar-refractivity contribution in [1.82, 2.24) is 10.6 Å². The second-order valence-electron chi connectivity index (χ2n) is 5.08. The van der Waals surface area contributed by atoms with E-state index in [1.807, 2.05) is 6.92 Å². The first kappa shape index (κ1) is 21.6. The summed E-state index contributed by atoms with van der Waals surface area (Å²) < 4.78 is 12.9. The quantitative estimate of drug-likeness (QED) is 0.332. The van der Waals surface area contributed by atoms with Gasteiger partial charge >= 0.3 is 0 Å². The van der Waals surface area contributed by atoms with E-state index in [9.17, 15) is 9.18 Å². The highest BCUT2D eigenvalue weighted by molar-refractivity contribution is 14.0. The van der Waals surface area contributed by atoms with Crippen LogP contribution in [0, 0.1) is 11.7 Å². The first-order valence-electron chi connectivity index (χ1n) is 7.62. The molecule has 0 aromatic heterocycles. The van der Waals surface area contributed by atoms with Gasteiger partial charge in [-0.15, -0.1) is 24.0 Å². The van der Waals surface area contributed by atoms with Crippen molar-refractivity contribution in [1.29, 1.82) is 0 Å². The highest BCUT2D eigenvalue weighted by Gasteiger charge is 2.16. The molecule has 5 nitrogen and oxygen atoms in total. The molecule has 0 fully saturated rings. The van der Waals surface area contributed by atoms with E-state index in [0.29, 0.717) is 18.9 Å². The zero-order valence-electron chi connectivity index (χ0n) is 13.6. The van der Waals surface area contributed by atoms with Crippen LogP contribution in [0.25, 0.3) is 0 Å². The zero-order valence-corrected chi connectivity index (χ0v) is 16.0. The molecule has 0 saturated carbocycles. The third-order valence-corrected chi connectivity index (χ3v) is 3.15. The number of carbonyl (C=O) groups is 1. The van der Waals surface area contributed by atoms with Crippen LogP contribution in [-0.2, 0) is 11.2 Å². The third-order valence-electron chi connectivity index (χ3n) is 3.15. The monoisotopic (exact) mass is 436 g/mol. The molecule has 0 aliphatic rings. The van der Waals surface area contributed by atoms with Crippen LogP contribution in [0.2, 0.25) is 0 Å². The van der Waals surface area contributed by atoms with E-state index in [1.165, 1.54) is 12.1 Å². The summed E-state index contributed by atoms with van der Waals surface area (Å²) in [7, 11) is 0. The average Bonchev–Trinajstić information content (AvgIpc) is 2.50. The predicted octanol–water partition coefficient (Wildman–Crippen LogP) is 2.05. The molecule has 0 heterocycles. The van der Waals surface area contributed by atoms with E-state index in [-0.39, 0.29) is 29.8 Å². The number of hydrogen-bond acceptors (Lipinski definition) is 2. The van der Waals surface area contributed by atoms with Gasteiger partial charge in [0.2, 0.25) is 5.91 Å². The van der Waals surface area contributed by atoms with Gasteiger partial charge in [0.15, 0.2) is 5.96 Å². The number of primary amides is 1. The molecule has 0 aliphatic heterocycles. The Kier molecular flexibility index (Phi) is 11.4. The van der Waals surface area contributed by atoms with Gasteiger partial charge in [-0.1, -0.05) is 19.1 Å². The van der Waals surface area contributed by atoms with Crippen molar-refractivity contribution in [2.24, 2.45) is 16.6 Å². The fourth-order valence-electron chi connectivity index (χ4n) is 1.95. The summed E-state index contributed by atoms with van der Waals surface area (Å²) in [6.45, 7) is 5.90. The number of rotatable bonds is 8. The minimum absolute atomic E-state index is 0. The lowest BCUT2D eigenvalue weighted by Gasteiger charge is -2.14. The van der Waals surface area contributed by atoms with Gasteiger partial charge in [-0.3, -0.25) is 9.79 Å². The van der Waals surface area contributed by atoms with Crippen molar-refractivity contribution in [2.75, 3.05) is 19.6 Å². The number of hydrogen-bond donors (Lipinski definition) is 3. The summed E-state index contributed by atoms with van der Waals surface area (Å²) in [6, 6.07) is 6.08. The maximum absolute atomic E-state index is 12.9. The zero-order chi connectivity index (χ0) is 16.4. The number of nitrogens with two attached hydrogens (primary N) is 1. The van der Waals surface area contributed by atoms with Crippen molar-refractivity contribution >= 4 is 35.8 Å². The van der Waals surface area contributed by atoms with Gasteiger partial charge < -0.3 is 16.4 Å². The van der Waals surface area contributed by atoms with Crippen LogP contribution in [0.3, 0.4) is 0 Å². The summed E-state index contributed by atoms with van der Waals surface area (Å²) in [6.07, 6.45) is 1.44. The fourth-order valence-corrected chi connectivity index (χ4v) is 1.95. The van der Waals surface area contributed by atoms with Crippen LogP contribution in [0.4, 0.5) is 4.39 Å².